The molecule has 4 N–H and O–H groups in total. The third-order valence-electron chi connectivity index (χ3n) is 10.9. The number of benzene rings is 2. The molecular weight excluding hydrogens is 543 g/mol. The SMILES string of the molecule is CC1(C)CCC2(CC1)C[C@@H](C(=O)CC1CCC(O)CC1)[C@H](c1cc(N)cc(Cl)c1)[C@]21C(=O)Nc2cc(Cl)ccc21. The Morgan fingerprint density at radius 1 is 1.00 bits per heavy atom. The summed E-state index contributed by atoms with van der Waals surface area (Å²) in [5, 5.41) is 14.3. The zero-order valence-corrected chi connectivity index (χ0v) is 25.0. The van der Waals surface area contributed by atoms with E-state index in [4.69, 9.17) is 28.9 Å². The second-order valence-corrected chi connectivity index (χ2v) is 14.7. The van der Waals surface area contributed by atoms with Crippen molar-refractivity contribution in [3.05, 3.63) is 57.6 Å². The number of aliphatic hydroxyl groups is 1. The fourth-order valence-electron chi connectivity index (χ4n) is 8.86. The summed E-state index contributed by atoms with van der Waals surface area (Å²) in [5.74, 6) is -0.273. The molecule has 2 aromatic carbocycles. The molecule has 4 aliphatic rings. The van der Waals surface area contributed by atoms with Gasteiger partial charge in [0, 0.05) is 39.7 Å². The Bertz CT molecular complexity index is 1320. The zero-order valence-electron chi connectivity index (χ0n) is 23.4. The number of nitrogen functional groups attached to an aromatic ring is 1. The number of hydrogen-bond acceptors (Lipinski definition) is 4. The molecule has 2 spiro atoms. The normalized spacial score (nSPS) is 32.3. The van der Waals surface area contributed by atoms with Gasteiger partial charge in [-0.2, -0.15) is 0 Å². The lowest BCUT2D eigenvalue weighted by Gasteiger charge is -2.51. The van der Waals surface area contributed by atoms with Crippen LogP contribution >= 0.6 is 23.2 Å². The lowest BCUT2D eigenvalue weighted by molar-refractivity contribution is -0.127. The topological polar surface area (TPSA) is 92.4 Å². The predicted molar refractivity (Wildman–Crippen MR) is 161 cm³/mol. The number of hydrogen-bond donors (Lipinski definition) is 3. The monoisotopic (exact) mass is 582 g/mol. The summed E-state index contributed by atoms with van der Waals surface area (Å²) >= 11 is 13.0. The molecule has 40 heavy (non-hydrogen) atoms. The number of anilines is 2. The number of carbonyl (C=O) groups is 2. The van der Waals surface area contributed by atoms with Crippen molar-refractivity contribution >= 4 is 46.3 Å². The van der Waals surface area contributed by atoms with Crippen LogP contribution in [-0.4, -0.2) is 22.9 Å². The van der Waals surface area contributed by atoms with E-state index in [0.717, 1.165) is 68.2 Å². The molecule has 3 saturated carbocycles. The summed E-state index contributed by atoms with van der Waals surface area (Å²) < 4.78 is 0. The molecule has 2 aromatic rings. The van der Waals surface area contributed by atoms with E-state index < -0.39 is 5.41 Å². The van der Waals surface area contributed by atoms with E-state index in [9.17, 15) is 14.7 Å². The van der Waals surface area contributed by atoms with E-state index in [1.54, 1.807) is 6.07 Å². The van der Waals surface area contributed by atoms with Gasteiger partial charge in [0.15, 0.2) is 0 Å². The van der Waals surface area contributed by atoms with Crippen LogP contribution in [0.5, 0.6) is 0 Å². The fourth-order valence-corrected chi connectivity index (χ4v) is 9.28. The van der Waals surface area contributed by atoms with Crippen LogP contribution in [0.3, 0.4) is 0 Å². The highest BCUT2D eigenvalue weighted by atomic mass is 35.5. The Morgan fingerprint density at radius 2 is 1.70 bits per heavy atom. The summed E-state index contributed by atoms with van der Waals surface area (Å²) in [4.78, 5) is 29.0. The third-order valence-corrected chi connectivity index (χ3v) is 11.4. The van der Waals surface area contributed by atoms with Crippen LogP contribution in [0, 0.1) is 22.7 Å². The molecule has 3 aliphatic carbocycles. The molecule has 3 fully saturated rings. The van der Waals surface area contributed by atoms with Gasteiger partial charge in [0.2, 0.25) is 5.91 Å². The Morgan fingerprint density at radius 3 is 2.38 bits per heavy atom. The van der Waals surface area contributed by atoms with Gasteiger partial charge >= 0.3 is 0 Å². The van der Waals surface area contributed by atoms with Gasteiger partial charge in [-0.15, -0.1) is 0 Å². The Labute approximate surface area is 247 Å². The molecule has 0 aromatic heterocycles. The van der Waals surface area contributed by atoms with Gasteiger partial charge in [-0.25, -0.2) is 0 Å². The van der Waals surface area contributed by atoms with Crippen LogP contribution in [0.15, 0.2) is 36.4 Å². The minimum absolute atomic E-state index is 0.0379. The minimum Gasteiger partial charge on any atom is -0.399 e. The maximum absolute atomic E-state index is 14.6. The van der Waals surface area contributed by atoms with Crippen LogP contribution in [0.1, 0.15) is 95.1 Å². The van der Waals surface area contributed by atoms with E-state index in [0.29, 0.717) is 28.6 Å². The predicted octanol–water partition coefficient (Wildman–Crippen LogP) is 7.67. The van der Waals surface area contributed by atoms with E-state index >= 15 is 0 Å². The average Bonchev–Trinajstić information content (AvgIpc) is 3.34. The molecule has 1 amide bonds. The largest absolute Gasteiger partial charge is 0.399 e. The molecule has 0 bridgehead atoms. The van der Waals surface area contributed by atoms with Crippen LogP contribution in [0.25, 0.3) is 0 Å². The van der Waals surface area contributed by atoms with Crippen molar-refractivity contribution in [1.82, 2.24) is 0 Å². The molecule has 6 rings (SSSR count). The standard InChI is InChI=1S/C33H40Cl2N2O3/c1-31(2)9-11-32(12-10-31)18-25(28(39)13-19-3-6-24(38)7-4-19)29(20-14-22(35)16-23(36)15-20)33(32)26-8-5-21(34)17-27(26)37-30(33)40/h5,8,14-17,19,24-25,29,38H,3-4,6-7,9-13,18,36H2,1-2H3,(H,37,40)/t19?,24?,25-,29-,33+/m0/s1. The van der Waals surface area contributed by atoms with Crippen molar-refractivity contribution in [2.24, 2.45) is 22.7 Å². The highest BCUT2D eigenvalue weighted by Gasteiger charge is 2.72. The molecular formula is C33H40Cl2N2O3. The molecule has 1 heterocycles. The Kier molecular flexibility index (Phi) is 7.03. The summed E-state index contributed by atoms with van der Waals surface area (Å²) in [7, 11) is 0. The summed E-state index contributed by atoms with van der Waals surface area (Å²) in [6.07, 6.45) is 7.85. The first-order valence-electron chi connectivity index (χ1n) is 14.8. The van der Waals surface area contributed by atoms with Gasteiger partial charge in [0.05, 0.1) is 11.5 Å². The molecule has 5 nitrogen and oxygen atoms in total. The third kappa shape index (κ3) is 4.48. The fraction of sp³-hybridized carbons (Fsp3) is 0.576. The quantitative estimate of drug-likeness (QED) is 0.322. The van der Waals surface area contributed by atoms with E-state index in [2.05, 4.69) is 19.2 Å². The first kappa shape index (κ1) is 28.1. The first-order chi connectivity index (χ1) is 18.9. The molecule has 0 unspecified atom stereocenters. The van der Waals surface area contributed by atoms with E-state index in [1.807, 2.05) is 30.3 Å². The Hall–Kier alpha value is -2.08. The number of rotatable bonds is 4. The van der Waals surface area contributed by atoms with Gasteiger partial charge in [-0.05, 0) is 116 Å². The highest BCUT2D eigenvalue weighted by molar-refractivity contribution is 6.31. The number of halogens is 2. The number of Topliss-reactive ketones (excluding diaryl/α,β-unsaturated/α-hetero) is 1. The number of nitrogens with one attached hydrogen (secondary N) is 1. The first-order valence-corrected chi connectivity index (χ1v) is 15.6. The zero-order chi connectivity index (χ0) is 28.4. The molecule has 3 atom stereocenters. The molecule has 1 aliphatic heterocycles. The average molecular weight is 584 g/mol. The number of aliphatic hydroxyl groups excluding tert-OH is 1. The van der Waals surface area contributed by atoms with Crippen molar-refractivity contribution in [3.8, 4) is 0 Å². The van der Waals surface area contributed by atoms with Gasteiger partial charge in [-0.1, -0.05) is 43.1 Å². The van der Waals surface area contributed by atoms with Gasteiger partial charge in [-0.3, -0.25) is 9.59 Å². The smallest absolute Gasteiger partial charge is 0.236 e. The van der Waals surface area contributed by atoms with Gasteiger partial charge in [0.25, 0.3) is 0 Å². The van der Waals surface area contributed by atoms with Crippen molar-refractivity contribution in [1.29, 1.82) is 0 Å². The van der Waals surface area contributed by atoms with E-state index in [1.165, 1.54) is 0 Å². The van der Waals surface area contributed by atoms with Crippen molar-refractivity contribution in [2.75, 3.05) is 11.1 Å². The second-order valence-electron chi connectivity index (χ2n) is 13.8. The van der Waals surface area contributed by atoms with Crippen LogP contribution in [0.4, 0.5) is 11.4 Å². The minimum atomic E-state index is -0.927. The van der Waals surface area contributed by atoms with Crippen molar-refractivity contribution < 1.29 is 14.7 Å². The van der Waals surface area contributed by atoms with Crippen LogP contribution in [0.2, 0.25) is 10.0 Å². The maximum Gasteiger partial charge on any atom is 0.236 e. The van der Waals surface area contributed by atoms with Crippen LogP contribution in [-0.2, 0) is 15.0 Å². The van der Waals surface area contributed by atoms with E-state index in [-0.39, 0.29) is 46.4 Å². The number of fused-ring (bicyclic) bond motifs is 3. The summed E-state index contributed by atoms with van der Waals surface area (Å²) in [5.41, 5.74) is 8.31. The molecule has 0 saturated heterocycles. The molecule has 0 radical (unpaired) electrons. The Balaban J connectivity index is 1.53. The number of amides is 1. The van der Waals surface area contributed by atoms with Crippen molar-refractivity contribution in [3.63, 3.8) is 0 Å². The highest BCUT2D eigenvalue weighted by Crippen LogP contribution is 2.72. The maximum atomic E-state index is 14.6. The number of carbonyl (C=O) groups excluding carboxylic acids is 2. The molecule has 7 heteroatoms. The lowest BCUT2D eigenvalue weighted by Crippen LogP contribution is -2.52. The van der Waals surface area contributed by atoms with Gasteiger partial charge in [0.1, 0.15) is 5.78 Å². The van der Waals surface area contributed by atoms with Gasteiger partial charge < -0.3 is 16.2 Å². The lowest BCUT2D eigenvalue weighted by atomic mass is 9.51. The number of nitrogens with two attached hydrogens (primary N) is 1. The van der Waals surface area contributed by atoms with Crippen LogP contribution < -0.4 is 11.1 Å². The van der Waals surface area contributed by atoms with Crippen molar-refractivity contribution in [2.45, 2.75) is 95.5 Å². The summed E-state index contributed by atoms with van der Waals surface area (Å²) in [6.45, 7) is 4.61. The summed E-state index contributed by atoms with van der Waals surface area (Å²) in [6, 6.07) is 11.3. The molecule has 214 valence electrons. The number of ketones is 1. The second kappa shape index (κ2) is 10.0.